The molecule has 0 radical (unpaired) electrons. The van der Waals surface area contributed by atoms with Gasteiger partial charge in [0.15, 0.2) is 0 Å². The van der Waals surface area contributed by atoms with Gasteiger partial charge in [0.25, 0.3) is 0 Å². The van der Waals surface area contributed by atoms with Gasteiger partial charge in [-0.25, -0.2) is 12.7 Å². The van der Waals surface area contributed by atoms with E-state index < -0.39 is 22.7 Å². The summed E-state index contributed by atoms with van der Waals surface area (Å²) in [5, 5.41) is 17.8. The number of aliphatic hydroxyl groups excluding tert-OH is 2. The van der Waals surface area contributed by atoms with E-state index in [0.717, 1.165) is 4.31 Å². The van der Waals surface area contributed by atoms with E-state index in [0.29, 0.717) is 0 Å². The first-order valence-corrected chi connectivity index (χ1v) is 5.77. The quantitative estimate of drug-likeness (QED) is 0.538. The van der Waals surface area contributed by atoms with Crippen molar-refractivity contribution >= 4 is 10.0 Å². The summed E-state index contributed by atoms with van der Waals surface area (Å²) in [6.45, 7) is -0.373. The molecule has 0 heterocycles. The lowest BCUT2D eigenvalue weighted by Crippen LogP contribution is -2.38. The first-order valence-electron chi connectivity index (χ1n) is 4.16. The van der Waals surface area contributed by atoms with Gasteiger partial charge in [-0.05, 0) is 0 Å². The number of rotatable bonds is 7. The lowest BCUT2D eigenvalue weighted by Gasteiger charge is -2.19. The Morgan fingerprint density at radius 2 is 2.07 bits per heavy atom. The second kappa shape index (κ2) is 6.31. The molecule has 0 aliphatic rings. The third kappa shape index (κ3) is 4.87. The second-order valence-corrected chi connectivity index (χ2v) is 5.12. The Balaban J connectivity index is 4.12. The van der Waals surface area contributed by atoms with E-state index in [1.807, 2.05) is 0 Å². The van der Waals surface area contributed by atoms with Crippen LogP contribution in [0, 0.1) is 0 Å². The molecule has 0 bridgehead atoms. The molecule has 0 saturated carbocycles. The van der Waals surface area contributed by atoms with E-state index in [-0.39, 0.29) is 18.9 Å². The van der Waals surface area contributed by atoms with Crippen LogP contribution in [-0.2, 0) is 14.8 Å². The molecule has 0 rings (SSSR count). The number of hydrogen-bond donors (Lipinski definition) is 2. The molecule has 1 unspecified atom stereocenters. The van der Waals surface area contributed by atoms with Gasteiger partial charge in [-0.1, -0.05) is 0 Å². The molecule has 0 amide bonds. The summed E-state index contributed by atoms with van der Waals surface area (Å²) in [6.07, 6.45) is -0.849. The van der Waals surface area contributed by atoms with E-state index in [4.69, 9.17) is 5.11 Å². The fraction of sp³-hybridized carbons (Fsp3) is 1.00. The fourth-order valence-corrected chi connectivity index (χ4v) is 1.87. The van der Waals surface area contributed by atoms with Crippen molar-refractivity contribution in [3.8, 4) is 0 Å². The maximum Gasteiger partial charge on any atom is 0.216 e. The third-order valence-electron chi connectivity index (χ3n) is 1.65. The van der Waals surface area contributed by atoms with Crippen LogP contribution >= 0.6 is 0 Å². The predicted octanol–water partition coefficient (Wildman–Crippen LogP) is -1.75. The molecule has 6 nitrogen and oxygen atoms in total. The van der Waals surface area contributed by atoms with E-state index in [9.17, 15) is 13.5 Å². The van der Waals surface area contributed by atoms with Gasteiger partial charge in [0.2, 0.25) is 10.0 Å². The number of likely N-dealkylation sites (N-methyl/N-ethyl adjacent to an activating group) is 1. The molecule has 86 valence electrons. The molecule has 0 fully saturated rings. The van der Waals surface area contributed by atoms with Gasteiger partial charge >= 0.3 is 0 Å². The summed E-state index contributed by atoms with van der Waals surface area (Å²) in [6, 6.07) is 0. The van der Waals surface area contributed by atoms with Crippen molar-refractivity contribution < 1.29 is 23.4 Å². The van der Waals surface area contributed by atoms with Gasteiger partial charge in [0, 0.05) is 20.7 Å². The summed E-state index contributed by atoms with van der Waals surface area (Å²) in [4.78, 5) is 0. The number of hydrogen-bond acceptors (Lipinski definition) is 5. The fourth-order valence-electron chi connectivity index (χ4n) is 0.927. The summed E-state index contributed by atoms with van der Waals surface area (Å²) in [5.74, 6) is -0.330. The summed E-state index contributed by atoms with van der Waals surface area (Å²) in [7, 11) is -0.683. The van der Waals surface area contributed by atoms with Crippen molar-refractivity contribution in [3.63, 3.8) is 0 Å². The molecule has 1 atom stereocenters. The Hall–Kier alpha value is -0.210. The molecule has 2 N–H and O–H groups in total. The molecular weight excluding hydrogens is 210 g/mol. The minimum atomic E-state index is -3.46. The Morgan fingerprint density at radius 3 is 2.50 bits per heavy atom. The monoisotopic (exact) mass is 227 g/mol. The third-order valence-corrected chi connectivity index (χ3v) is 3.45. The minimum absolute atomic E-state index is 0.0316. The molecule has 0 aromatic rings. The van der Waals surface area contributed by atoms with Crippen LogP contribution in [0.5, 0.6) is 0 Å². The Labute approximate surface area is 84.2 Å². The number of methoxy groups -OCH3 is 1. The molecule has 14 heavy (non-hydrogen) atoms. The zero-order valence-corrected chi connectivity index (χ0v) is 9.20. The van der Waals surface area contributed by atoms with Crippen LogP contribution in [0.3, 0.4) is 0 Å². The van der Waals surface area contributed by atoms with Gasteiger partial charge in [-0.2, -0.15) is 0 Å². The standard InChI is InChI=1S/C7H17NO5S/c1-8(5-7(10)6-13-2)14(11,12)4-3-9/h7,9-10H,3-6H2,1-2H3. The summed E-state index contributed by atoms with van der Waals surface area (Å²) < 4.78 is 28.2. The molecule has 0 aromatic carbocycles. The van der Waals surface area contributed by atoms with Gasteiger partial charge in [-0.3, -0.25) is 0 Å². The first kappa shape index (κ1) is 13.8. The molecule has 0 aromatic heterocycles. The normalized spacial score (nSPS) is 14.6. The van der Waals surface area contributed by atoms with Crippen LogP contribution in [0.25, 0.3) is 0 Å². The predicted molar refractivity (Wildman–Crippen MR) is 51.4 cm³/mol. The first-order chi connectivity index (χ1) is 6.44. The Kier molecular flexibility index (Phi) is 6.21. The largest absolute Gasteiger partial charge is 0.395 e. The number of sulfonamides is 1. The van der Waals surface area contributed by atoms with Crippen molar-refractivity contribution in [2.24, 2.45) is 0 Å². The maximum atomic E-state index is 11.3. The summed E-state index contributed by atoms with van der Waals surface area (Å²) in [5.41, 5.74) is 0. The molecule has 0 saturated heterocycles. The van der Waals surface area contributed by atoms with Crippen LogP contribution in [0.4, 0.5) is 0 Å². The zero-order valence-electron chi connectivity index (χ0n) is 8.38. The number of ether oxygens (including phenoxy) is 1. The Bertz CT molecular complexity index is 240. The lowest BCUT2D eigenvalue weighted by molar-refractivity contribution is 0.0553. The lowest BCUT2D eigenvalue weighted by atomic mass is 10.4. The van der Waals surface area contributed by atoms with Crippen molar-refractivity contribution in [2.45, 2.75) is 6.10 Å². The van der Waals surface area contributed by atoms with E-state index >= 15 is 0 Å². The average molecular weight is 227 g/mol. The van der Waals surface area contributed by atoms with Crippen molar-refractivity contribution in [1.82, 2.24) is 4.31 Å². The van der Waals surface area contributed by atoms with Crippen LogP contribution in [-0.4, -0.2) is 68.7 Å². The molecule has 7 heteroatoms. The maximum absolute atomic E-state index is 11.3. The van der Waals surface area contributed by atoms with Crippen LogP contribution in [0.2, 0.25) is 0 Å². The molecule has 0 spiro atoms. The van der Waals surface area contributed by atoms with E-state index in [1.165, 1.54) is 14.2 Å². The van der Waals surface area contributed by atoms with Crippen molar-refractivity contribution in [1.29, 1.82) is 0 Å². The van der Waals surface area contributed by atoms with E-state index in [1.54, 1.807) is 0 Å². The van der Waals surface area contributed by atoms with Gasteiger partial charge in [0.1, 0.15) is 0 Å². The summed E-state index contributed by atoms with van der Waals surface area (Å²) >= 11 is 0. The highest BCUT2D eigenvalue weighted by atomic mass is 32.2. The molecule has 0 aliphatic heterocycles. The van der Waals surface area contributed by atoms with Crippen LogP contribution in [0.15, 0.2) is 0 Å². The second-order valence-electron chi connectivity index (χ2n) is 2.93. The number of nitrogens with zero attached hydrogens (tertiary/aromatic N) is 1. The highest BCUT2D eigenvalue weighted by molar-refractivity contribution is 7.89. The van der Waals surface area contributed by atoms with Gasteiger partial charge in [0.05, 0.1) is 25.1 Å². The smallest absolute Gasteiger partial charge is 0.216 e. The molecular formula is C7H17NO5S. The highest BCUT2D eigenvalue weighted by Gasteiger charge is 2.19. The highest BCUT2D eigenvalue weighted by Crippen LogP contribution is 1.99. The SMILES string of the molecule is COCC(O)CN(C)S(=O)(=O)CCO. The van der Waals surface area contributed by atoms with Gasteiger partial charge in [-0.15, -0.1) is 0 Å². The minimum Gasteiger partial charge on any atom is -0.395 e. The van der Waals surface area contributed by atoms with Crippen LogP contribution in [0.1, 0.15) is 0 Å². The average Bonchev–Trinajstić information content (AvgIpc) is 2.04. The number of aliphatic hydroxyl groups is 2. The van der Waals surface area contributed by atoms with E-state index in [2.05, 4.69) is 4.74 Å². The topological polar surface area (TPSA) is 87.1 Å². The molecule has 0 aliphatic carbocycles. The van der Waals surface area contributed by atoms with Crippen molar-refractivity contribution in [3.05, 3.63) is 0 Å². The van der Waals surface area contributed by atoms with Crippen LogP contribution < -0.4 is 0 Å². The zero-order chi connectivity index (χ0) is 11.2. The Morgan fingerprint density at radius 1 is 1.50 bits per heavy atom. The van der Waals surface area contributed by atoms with Crippen molar-refractivity contribution in [2.75, 3.05) is 39.7 Å². The van der Waals surface area contributed by atoms with Gasteiger partial charge < -0.3 is 14.9 Å².